The molecule has 0 aliphatic rings. The van der Waals surface area contributed by atoms with E-state index in [4.69, 9.17) is 11.6 Å². The lowest BCUT2D eigenvalue weighted by Crippen LogP contribution is -2.31. The topological polar surface area (TPSA) is 81.1 Å². The minimum absolute atomic E-state index is 0.189. The van der Waals surface area contributed by atoms with Crippen LogP contribution in [0.5, 0.6) is 0 Å². The normalized spacial score (nSPS) is 9.86. The van der Waals surface area contributed by atoms with E-state index in [1.54, 1.807) is 0 Å². The van der Waals surface area contributed by atoms with Crippen LogP contribution in [0.2, 0.25) is 0 Å². The SMILES string of the molecule is Cc1cc(N)ccc1SCC(=O)NN. The van der Waals surface area contributed by atoms with Gasteiger partial charge in [-0.15, -0.1) is 11.8 Å². The van der Waals surface area contributed by atoms with Crippen molar-refractivity contribution in [3.05, 3.63) is 23.8 Å². The number of anilines is 1. The number of benzene rings is 1. The second-order valence-electron chi connectivity index (χ2n) is 2.88. The van der Waals surface area contributed by atoms with E-state index in [-0.39, 0.29) is 5.91 Å². The molecule has 0 bridgehead atoms. The predicted molar refractivity (Wildman–Crippen MR) is 58.6 cm³/mol. The number of amides is 1. The molecule has 0 aliphatic heterocycles. The lowest BCUT2D eigenvalue weighted by molar-refractivity contribution is -0.118. The largest absolute Gasteiger partial charge is 0.399 e. The molecule has 0 saturated carbocycles. The van der Waals surface area contributed by atoms with Crippen molar-refractivity contribution in [2.24, 2.45) is 5.84 Å². The molecule has 4 nitrogen and oxygen atoms in total. The molecule has 5 heteroatoms. The first kappa shape index (κ1) is 10.9. The van der Waals surface area contributed by atoms with Gasteiger partial charge < -0.3 is 5.73 Å². The van der Waals surface area contributed by atoms with Crippen LogP contribution in [0.4, 0.5) is 5.69 Å². The van der Waals surface area contributed by atoms with Crippen molar-refractivity contribution in [3.63, 3.8) is 0 Å². The second-order valence-corrected chi connectivity index (χ2v) is 3.90. The van der Waals surface area contributed by atoms with Crippen molar-refractivity contribution in [3.8, 4) is 0 Å². The molecule has 1 rings (SSSR count). The fraction of sp³-hybridized carbons (Fsp3) is 0.222. The number of thioether (sulfide) groups is 1. The Bertz CT molecular complexity index is 341. The summed E-state index contributed by atoms with van der Waals surface area (Å²) < 4.78 is 0. The molecule has 0 aliphatic carbocycles. The number of nitrogens with one attached hydrogen (secondary N) is 1. The molecule has 0 fully saturated rings. The number of carbonyl (C=O) groups is 1. The van der Waals surface area contributed by atoms with Crippen molar-refractivity contribution in [1.29, 1.82) is 0 Å². The van der Waals surface area contributed by atoms with Crippen LogP contribution in [0, 0.1) is 6.92 Å². The molecular weight excluding hydrogens is 198 g/mol. The molecule has 0 saturated heterocycles. The molecule has 0 heterocycles. The molecule has 5 N–H and O–H groups in total. The zero-order valence-electron chi connectivity index (χ0n) is 7.91. The zero-order valence-corrected chi connectivity index (χ0v) is 8.73. The fourth-order valence-electron chi connectivity index (χ4n) is 1.02. The van der Waals surface area contributed by atoms with E-state index in [2.05, 4.69) is 5.43 Å². The fourth-order valence-corrected chi connectivity index (χ4v) is 1.84. The lowest BCUT2D eigenvalue weighted by atomic mass is 10.2. The van der Waals surface area contributed by atoms with Gasteiger partial charge in [-0.25, -0.2) is 5.84 Å². The van der Waals surface area contributed by atoms with E-state index < -0.39 is 0 Å². The molecule has 0 atom stereocenters. The van der Waals surface area contributed by atoms with E-state index >= 15 is 0 Å². The first-order chi connectivity index (χ1) is 6.63. The van der Waals surface area contributed by atoms with Crippen LogP contribution in [0.15, 0.2) is 23.1 Å². The van der Waals surface area contributed by atoms with Crippen LogP contribution in [0.25, 0.3) is 0 Å². The third kappa shape index (κ3) is 2.93. The van der Waals surface area contributed by atoms with Crippen LogP contribution in [-0.4, -0.2) is 11.7 Å². The van der Waals surface area contributed by atoms with Gasteiger partial charge in [0.1, 0.15) is 0 Å². The summed E-state index contributed by atoms with van der Waals surface area (Å²) in [5, 5.41) is 0. The second kappa shape index (κ2) is 4.88. The highest BCUT2D eigenvalue weighted by atomic mass is 32.2. The van der Waals surface area contributed by atoms with Gasteiger partial charge in [0.15, 0.2) is 0 Å². The van der Waals surface area contributed by atoms with E-state index in [1.165, 1.54) is 11.8 Å². The van der Waals surface area contributed by atoms with Crippen LogP contribution in [0.3, 0.4) is 0 Å². The predicted octanol–water partition coefficient (Wildman–Crippen LogP) is 0.659. The van der Waals surface area contributed by atoms with Gasteiger partial charge in [0, 0.05) is 10.6 Å². The molecule has 0 spiro atoms. The molecule has 1 aromatic rings. The summed E-state index contributed by atoms with van der Waals surface area (Å²) in [6, 6.07) is 5.59. The van der Waals surface area contributed by atoms with E-state index in [9.17, 15) is 4.79 Å². The number of carbonyl (C=O) groups excluding carboxylic acids is 1. The Balaban J connectivity index is 2.63. The Hall–Kier alpha value is -1.20. The van der Waals surface area contributed by atoms with Gasteiger partial charge in [-0.2, -0.15) is 0 Å². The molecule has 1 aromatic carbocycles. The van der Waals surface area contributed by atoms with Crippen LogP contribution in [-0.2, 0) is 4.79 Å². The minimum Gasteiger partial charge on any atom is -0.399 e. The molecule has 76 valence electrons. The zero-order chi connectivity index (χ0) is 10.6. The molecule has 0 unspecified atom stereocenters. The van der Waals surface area contributed by atoms with Crippen molar-refractivity contribution < 1.29 is 4.79 Å². The van der Waals surface area contributed by atoms with E-state index in [0.29, 0.717) is 5.75 Å². The number of nitrogens with two attached hydrogens (primary N) is 2. The lowest BCUT2D eigenvalue weighted by Gasteiger charge is -2.05. The van der Waals surface area contributed by atoms with Gasteiger partial charge in [0.2, 0.25) is 5.91 Å². The van der Waals surface area contributed by atoms with Crippen molar-refractivity contribution in [1.82, 2.24) is 5.43 Å². The van der Waals surface area contributed by atoms with Crippen molar-refractivity contribution >= 4 is 23.4 Å². The average molecular weight is 211 g/mol. The highest BCUT2D eigenvalue weighted by Gasteiger charge is 2.03. The summed E-state index contributed by atoms with van der Waals surface area (Å²) in [7, 11) is 0. The highest BCUT2D eigenvalue weighted by molar-refractivity contribution is 8.00. The number of nitrogen functional groups attached to an aromatic ring is 1. The van der Waals surface area contributed by atoms with Gasteiger partial charge >= 0.3 is 0 Å². The number of aryl methyl sites for hydroxylation is 1. The molecule has 14 heavy (non-hydrogen) atoms. The molecule has 0 radical (unpaired) electrons. The Morgan fingerprint density at radius 3 is 2.86 bits per heavy atom. The number of rotatable bonds is 3. The third-order valence-electron chi connectivity index (χ3n) is 1.72. The smallest absolute Gasteiger partial charge is 0.244 e. The summed E-state index contributed by atoms with van der Waals surface area (Å²) in [6.07, 6.45) is 0. The van der Waals surface area contributed by atoms with Crippen molar-refractivity contribution in [2.75, 3.05) is 11.5 Å². The van der Waals surface area contributed by atoms with Gasteiger partial charge in [-0.1, -0.05) is 0 Å². The quantitative estimate of drug-likeness (QED) is 0.225. The van der Waals surface area contributed by atoms with E-state index in [0.717, 1.165) is 16.1 Å². The Morgan fingerprint density at radius 2 is 2.29 bits per heavy atom. The Morgan fingerprint density at radius 1 is 1.57 bits per heavy atom. The first-order valence-electron chi connectivity index (χ1n) is 4.12. The van der Waals surface area contributed by atoms with Gasteiger partial charge in [-0.05, 0) is 30.7 Å². The standard InChI is InChI=1S/C9H13N3OS/c1-6-4-7(10)2-3-8(6)14-5-9(13)12-11/h2-4H,5,10-11H2,1H3,(H,12,13). The van der Waals surface area contributed by atoms with E-state index in [1.807, 2.05) is 25.1 Å². The summed E-state index contributed by atoms with van der Waals surface area (Å²) in [4.78, 5) is 11.9. The van der Waals surface area contributed by atoms with Crippen LogP contribution >= 0.6 is 11.8 Å². The summed E-state index contributed by atoms with van der Waals surface area (Å²) in [6.45, 7) is 1.96. The summed E-state index contributed by atoms with van der Waals surface area (Å²) in [5.41, 5.74) is 9.48. The van der Waals surface area contributed by atoms with Gasteiger partial charge in [-0.3, -0.25) is 10.2 Å². The average Bonchev–Trinajstić information content (AvgIpc) is 2.16. The monoisotopic (exact) mass is 211 g/mol. The summed E-state index contributed by atoms with van der Waals surface area (Å²) >= 11 is 1.44. The van der Waals surface area contributed by atoms with Gasteiger partial charge in [0.05, 0.1) is 5.75 Å². The summed E-state index contributed by atoms with van der Waals surface area (Å²) in [5.74, 6) is 5.10. The van der Waals surface area contributed by atoms with Crippen LogP contribution < -0.4 is 17.0 Å². The Kier molecular flexibility index (Phi) is 3.79. The van der Waals surface area contributed by atoms with Gasteiger partial charge in [0.25, 0.3) is 0 Å². The highest BCUT2D eigenvalue weighted by Crippen LogP contribution is 2.23. The molecule has 1 amide bonds. The molecule has 0 aromatic heterocycles. The number of hydrogen-bond donors (Lipinski definition) is 3. The maximum atomic E-state index is 10.9. The maximum absolute atomic E-state index is 10.9. The maximum Gasteiger partial charge on any atom is 0.244 e. The molecular formula is C9H13N3OS. The first-order valence-corrected chi connectivity index (χ1v) is 5.10. The van der Waals surface area contributed by atoms with Crippen LogP contribution in [0.1, 0.15) is 5.56 Å². The number of hydrazine groups is 1. The minimum atomic E-state index is -0.189. The van der Waals surface area contributed by atoms with Crippen molar-refractivity contribution in [2.45, 2.75) is 11.8 Å². The number of hydrogen-bond acceptors (Lipinski definition) is 4. The Labute approximate surface area is 87.0 Å². The third-order valence-corrected chi connectivity index (χ3v) is 2.89.